The monoisotopic (exact) mass is 1060 g/mol. The van der Waals surface area contributed by atoms with E-state index >= 15 is 0 Å². The van der Waals surface area contributed by atoms with Crippen LogP contribution in [-0.4, -0.2) is 81.8 Å². The van der Waals surface area contributed by atoms with E-state index in [0.717, 1.165) is 48.6 Å². The standard InChI is InChI=1S/C32H24Cl2N10O12S4.2K.2Na/c33-27-39-29(35-19-7-11-23(12-8-19)57(45,46)47)43-31(41-27)37-21-5-3-17(25(15-21)59(51,52)53)1-2-18-4-6-22(16-26(18)60(54,55)56)38-32-42-28(34)40-30(44-32)36-20-9-13-24(14-10-20)58(48,49)50;;;;/h1-16H,(H,45,46,47)(H,48,49,50)(H,51,52,53)(H,54,55,56)(H2,35,37,39,41,43)(H2,36,38,40,42,44);;;;/q;4*+1/p-4. The van der Waals surface area contributed by atoms with Gasteiger partial charge < -0.3 is 28.8 Å². The summed E-state index contributed by atoms with van der Waals surface area (Å²) >= 11 is 12.1. The molecule has 0 aliphatic rings. The van der Waals surface area contributed by atoms with Crippen molar-refractivity contribution in [1.29, 1.82) is 0 Å². The molecule has 6 rings (SSSR count). The molecule has 0 bridgehead atoms. The van der Waals surface area contributed by atoms with Crippen molar-refractivity contribution in [2.75, 3.05) is 10.6 Å². The fourth-order valence-electron chi connectivity index (χ4n) is 4.94. The topological polar surface area (TPSA) is 361 Å². The van der Waals surface area contributed by atoms with Crippen LogP contribution in [0.5, 0.6) is 0 Å². The summed E-state index contributed by atoms with van der Waals surface area (Å²) in [5.74, 6) is -0.310. The maximum Gasteiger partial charge on any atom is 1.00 e. The van der Waals surface area contributed by atoms with E-state index in [1.807, 2.05) is 0 Å². The molecule has 2 heterocycles. The Morgan fingerprint density at radius 3 is 1.12 bits per heavy atom. The van der Waals surface area contributed by atoms with E-state index in [4.69, 9.17) is 23.2 Å². The van der Waals surface area contributed by atoms with Gasteiger partial charge in [-0.15, -0.1) is 0 Å². The molecule has 22 nitrogen and oxygen atoms in total. The Labute approximate surface area is 503 Å². The summed E-state index contributed by atoms with van der Waals surface area (Å²) in [7, 11) is -19.8. The zero-order chi connectivity index (χ0) is 43.6. The third kappa shape index (κ3) is 17.1. The van der Waals surface area contributed by atoms with Crippen LogP contribution in [0.2, 0.25) is 10.6 Å². The first-order chi connectivity index (χ1) is 28.0. The summed E-state index contributed by atoms with van der Waals surface area (Å²) in [6, 6.07) is 15.9. The number of aromatic nitrogens is 6. The van der Waals surface area contributed by atoms with Gasteiger partial charge in [0.2, 0.25) is 33.7 Å². The Bertz CT molecular complexity index is 3100. The van der Waals surface area contributed by atoms with Gasteiger partial charge in [0.25, 0.3) is 0 Å². The van der Waals surface area contributed by atoms with Gasteiger partial charge in [0.1, 0.15) is 40.5 Å². The van der Waals surface area contributed by atoms with Crippen LogP contribution >= 0.6 is 23.2 Å². The maximum atomic E-state index is 12.3. The minimum Gasteiger partial charge on any atom is -0.744 e. The van der Waals surface area contributed by atoms with Crippen LogP contribution in [0.3, 0.4) is 0 Å². The largest absolute Gasteiger partial charge is 1.00 e. The number of nitrogens with one attached hydrogen (secondary N) is 4. The molecule has 2 aromatic heterocycles. The summed E-state index contributed by atoms with van der Waals surface area (Å²) in [5, 5.41) is 4.97. The van der Waals surface area contributed by atoms with Gasteiger partial charge in [-0.05, 0) is 107 Å². The molecule has 0 amide bonds. The van der Waals surface area contributed by atoms with E-state index in [-0.39, 0.29) is 229 Å². The number of rotatable bonds is 12. The summed E-state index contributed by atoms with van der Waals surface area (Å²) in [6.07, 6.45) is 2.15. The van der Waals surface area contributed by atoms with Crippen LogP contribution in [-0.2, 0) is 40.5 Å². The van der Waals surface area contributed by atoms with Gasteiger partial charge in [-0.1, -0.05) is 24.3 Å². The number of hydrogen-bond acceptors (Lipinski definition) is 20. The van der Waals surface area contributed by atoms with Gasteiger partial charge in [0, 0.05) is 11.4 Å². The summed E-state index contributed by atoms with van der Waals surface area (Å²) in [4.78, 5) is 26.9. The Hall–Kier alpha value is -0.667. The van der Waals surface area contributed by atoms with Crippen LogP contribution < -0.4 is 184 Å². The Morgan fingerprint density at radius 1 is 0.500 bits per heavy atom. The number of H-pyrrole nitrogens is 2. The van der Waals surface area contributed by atoms with Gasteiger partial charge in [0.15, 0.2) is 0 Å². The first-order valence-electron chi connectivity index (χ1n) is 15.9. The summed E-state index contributed by atoms with van der Waals surface area (Å²) < 4.78 is 141. The molecule has 0 saturated carbocycles. The maximum absolute atomic E-state index is 12.3. The van der Waals surface area contributed by atoms with Crippen molar-refractivity contribution in [2.24, 2.45) is 9.98 Å². The molecule has 4 aromatic carbocycles. The smallest absolute Gasteiger partial charge is 0.744 e. The van der Waals surface area contributed by atoms with E-state index in [9.17, 15) is 51.9 Å². The first kappa shape index (κ1) is 59.5. The van der Waals surface area contributed by atoms with Crippen LogP contribution in [0.4, 0.5) is 34.6 Å². The van der Waals surface area contributed by atoms with E-state index in [1.165, 1.54) is 48.5 Å². The van der Waals surface area contributed by atoms with Crippen LogP contribution in [0.15, 0.2) is 114 Å². The van der Waals surface area contributed by atoms with Gasteiger partial charge >= 0.3 is 162 Å². The van der Waals surface area contributed by atoms with Crippen LogP contribution in [0.25, 0.3) is 12.2 Å². The summed E-state index contributed by atoms with van der Waals surface area (Å²) in [5.41, 5.74) is -0.642. The summed E-state index contributed by atoms with van der Waals surface area (Å²) in [6.45, 7) is 0. The van der Waals surface area contributed by atoms with Crippen LogP contribution in [0, 0.1) is 0 Å². The van der Waals surface area contributed by atoms with Crippen molar-refractivity contribution in [3.63, 3.8) is 0 Å². The number of halogens is 2. The van der Waals surface area contributed by atoms with E-state index < -0.39 is 60.1 Å². The average Bonchev–Trinajstić information content (AvgIpc) is 3.13. The van der Waals surface area contributed by atoms with Gasteiger partial charge in [-0.2, -0.15) is 19.9 Å². The Kier molecular flexibility index (Phi) is 23.0. The zero-order valence-corrected chi connectivity index (χ0v) is 48.2. The minimum absolute atomic E-state index is 0. The first-order valence-corrected chi connectivity index (χ1v) is 22.3. The third-order valence-electron chi connectivity index (χ3n) is 7.51. The van der Waals surface area contributed by atoms with E-state index in [2.05, 4.69) is 50.5 Å². The number of benzene rings is 4. The van der Waals surface area contributed by atoms with Gasteiger partial charge in [-0.3, -0.25) is 9.97 Å². The van der Waals surface area contributed by atoms with Crippen molar-refractivity contribution in [1.82, 2.24) is 29.9 Å². The predicted octanol–water partition coefficient (Wildman–Crippen LogP) is -9.02. The second-order valence-electron chi connectivity index (χ2n) is 11.7. The third-order valence-corrected chi connectivity index (χ3v) is 11.3. The van der Waals surface area contributed by atoms with Crippen molar-refractivity contribution in [3.8, 4) is 0 Å². The molecule has 0 aliphatic carbocycles. The molecule has 32 heteroatoms. The minimum atomic E-state index is -5.21. The van der Waals surface area contributed by atoms with Crippen molar-refractivity contribution in [3.05, 3.63) is 118 Å². The van der Waals surface area contributed by atoms with Crippen LogP contribution in [0.1, 0.15) is 11.1 Å². The quantitative estimate of drug-likeness (QED) is 0.0502. The number of anilines is 4. The predicted molar refractivity (Wildman–Crippen MR) is 206 cm³/mol. The molecular formula is C32H20Cl2K2N10Na2O12S4. The second kappa shape index (κ2) is 24.8. The van der Waals surface area contributed by atoms with Crippen molar-refractivity contribution < 1.29 is 214 Å². The molecule has 64 heavy (non-hydrogen) atoms. The fourth-order valence-corrected chi connectivity index (χ4v) is 7.58. The number of nitrogens with zero attached hydrogens (tertiary/aromatic N) is 6. The Balaban J connectivity index is 0.00000352. The number of aromatic amines is 2. The average molecular weight is 1060 g/mol. The van der Waals surface area contributed by atoms with Gasteiger partial charge in [0.05, 0.1) is 31.0 Å². The molecule has 4 N–H and O–H groups in total. The SMILES string of the molecule is O=S(=O)([O-])c1ccc(Nc2nc(Cl)[nH]c(=Nc3ccc(C=Cc4ccc(N=c5nc(Nc6ccc(S(=O)(=O)[O-])cc6)nc(Cl)[nH]5)cc4S(=O)(=O)[O-])c(S(=O)(=O)[O-])c3)n2)cc1.[K+].[K+].[Na+].[Na+]. The van der Waals surface area contributed by atoms with E-state index in [1.54, 1.807) is 0 Å². The molecule has 0 radical (unpaired) electrons. The second-order valence-corrected chi connectivity index (χ2v) is 17.9. The molecule has 0 fully saturated rings. The van der Waals surface area contributed by atoms with Crippen molar-refractivity contribution >= 4 is 110 Å². The number of hydrogen-bond donors (Lipinski definition) is 4. The normalized spacial score (nSPS) is 12.3. The molecule has 0 atom stereocenters. The zero-order valence-electron chi connectivity index (χ0n) is 33.2. The van der Waals surface area contributed by atoms with Gasteiger partial charge in [-0.25, -0.2) is 43.7 Å². The molecule has 0 aliphatic heterocycles. The van der Waals surface area contributed by atoms with E-state index in [0.29, 0.717) is 0 Å². The molecule has 0 spiro atoms. The molecule has 312 valence electrons. The molecule has 0 unspecified atom stereocenters. The molecule has 0 saturated heterocycles. The fraction of sp³-hybridized carbons (Fsp3) is 0. The molecular weight excluding hydrogens is 1040 g/mol. The Morgan fingerprint density at radius 2 is 0.828 bits per heavy atom. The van der Waals surface area contributed by atoms with Crippen molar-refractivity contribution in [2.45, 2.75) is 19.6 Å². The molecule has 6 aromatic rings.